The van der Waals surface area contributed by atoms with E-state index in [9.17, 15) is 4.79 Å². The second-order valence-corrected chi connectivity index (χ2v) is 8.56. The lowest BCUT2D eigenvalue weighted by Crippen LogP contribution is -2.41. The molecule has 4 nitrogen and oxygen atoms in total. The maximum absolute atomic E-state index is 13.0. The third kappa shape index (κ3) is 5.45. The van der Waals surface area contributed by atoms with Crippen molar-refractivity contribution >= 4 is 28.8 Å². The van der Waals surface area contributed by atoms with Gasteiger partial charge in [0.2, 0.25) is 5.91 Å². The van der Waals surface area contributed by atoms with Gasteiger partial charge in [-0.1, -0.05) is 37.4 Å². The van der Waals surface area contributed by atoms with Gasteiger partial charge < -0.3 is 9.64 Å². The first-order chi connectivity index (χ1) is 13.1. The average molecular weight is 407 g/mol. The molecule has 1 aliphatic carbocycles. The minimum Gasteiger partial charge on any atom is -0.486 e. The second-order valence-electron chi connectivity index (χ2n) is 7.18. The summed E-state index contributed by atoms with van der Waals surface area (Å²) in [6, 6.07) is 7.59. The predicted octanol–water partition coefficient (Wildman–Crippen LogP) is 5.69. The van der Waals surface area contributed by atoms with E-state index < -0.39 is 0 Å². The first kappa shape index (κ1) is 20.2. The predicted molar refractivity (Wildman–Crippen MR) is 110 cm³/mol. The van der Waals surface area contributed by atoms with Crippen LogP contribution in [0.2, 0.25) is 5.02 Å². The number of ether oxygens (including phenoxy) is 1. The fraction of sp³-hybridized carbons (Fsp3) is 0.524. The molecule has 1 aliphatic rings. The fourth-order valence-corrected chi connectivity index (χ4v) is 4.32. The summed E-state index contributed by atoms with van der Waals surface area (Å²) >= 11 is 7.56. The first-order valence-electron chi connectivity index (χ1n) is 9.69. The Balaban J connectivity index is 1.62. The Hall–Kier alpha value is -1.59. The Kier molecular flexibility index (Phi) is 7.13. The number of hydrogen-bond donors (Lipinski definition) is 0. The molecule has 1 amide bonds. The molecule has 0 unspecified atom stereocenters. The molecule has 6 heteroatoms. The van der Waals surface area contributed by atoms with Crippen LogP contribution < -0.4 is 4.74 Å². The number of halogens is 1. The van der Waals surface area contributed by atoms with Gasteiger partial charge in [0.15, 0.2) is 0 Å². The zero-order valence-electron chi connectivity index (χ0n) is 16.0. The molecule has 1 saturated carbocycles. The Morgan fingerprint density at radius 1 is 1.41 bits per heavy atom. The van der Waals surface area contributed by atoms with Crippen molar-refractivity contribution in [2.24, 2.45) is 5.92 Å². The van der Waals surface area contributed by atoms with Crippen LogP contribution in [-0.4, -0.2) is 21.8 Å². The van der Waals surface area contributed by atoms with Crippen LogP contribution in [-0.2, 0) is 17.9 Å². The van der Waals surface area contributed by atoms with Crippen LogP contribution in [0, 0.1) is 5.92 Å². The van der Waals surface area contributed by atoms with Crippen LogP contribution in [0.4, 0.5) is 0 Å². The molecule has 1 aromatic heterocycles. The SMILES string of the molecule is CC[C@H](C)N(Cc1csc(COc2cccc(Cl)c2)n1)C(=O)C1CCCC1. The molecule has 1 fully saturated rings. The summed E-state index contributed by atoms with van der Waals surface area (Å²) in [4.78, 5) is 19.7. The summed E-state index contributed by atoms with van der Waals surface area (Å²) < 4.78 is 5.77. The van der Waals surface area contributed by atoms with Crippen molar-refractivity contribution in [1.82, 2.24) is 9.88 Å². The van der Waals surface area contributed by atoms with E-state index in [1.54, 1.807) is 17.4 Å². The number of nitrogens with zero attached hydrogens (tertiary/aromatic N) is 2. The van der Waals surface area contributed by atoms with Gasteiger partial charge in [0.05, 0.1) is 12.2 Å². The number of hydrogen-bond acceptors (Lipinski definition) is 4. The number of carbonyl (C=O) groups is 1. The molecular formula is C21H27ClN2O2S. The maximum Gasteiger partial charge on any atom is 0.226 e. The van der Waals surface area contributed by atoms with Crippen molar-refractivity contribution in [1.29, 1.82) is 0 Å². The van der Waals surface area contributed by atoms with Crippen molar-refractivity contribution in [3.05, 3.63) is 45.4 Å². The smallest absolute Gasteiger partial charge is 0.226 e. The largest absolute Gasteiger partial charge is 0.486 e. The van der Waals surface area contributed by atoms with Gasteiger partial charge in [-0.2, -0.15) is 0 Å². The number of aromatic nitrogens is 1. The second kappa shape index (κ2) is 9.56. The van der Waals surface area contributed by atoms with E-state index in [1.807, 2.05) is 28.5 Å². The molecule has 3 rings (SSSR count). The van der Waals surface area contributed by atoms with E-state index in [-0.39, 0.29) is 12.0 Å². The van der Waals surface area contributed by atoms with Gasteiger partial charge >= 0.3 is 0 Å². The molecule has 0 aliphatic heterocycles. The summed E-state index contributed by atoms with van der Waals surface area (Å²) in [5, 5.41) is 3.60. The molecule has 0 spiro atoms. The van der Waals surface area contributed by atoms with Crippen molar-refractivity contribution in [2.75, 3.05) is 0 Å². The summed E-state index contributed by atoms with van der Waals surface area (Å²) in [5.74, 6) is 1.23. The lowest BCUT2D eigenvalue weighted by atomic mass is 10.0. The number of rotatable bonds is 8. The van der Waals surface area contributed by atoms with Crippen LogP contribution in [0.5, 0.6) is 5.75 Å². The molecule has 0 bridgehead atoms. The van der Waals surface area contributed by atoms with E-state index in [4.69, 9.17) is 16.3 Å². The van der Waals surface area contributed by atoms with Crippen LogP contribution >= 0.6 is 22.9 Å². The Labute approximate surface area is 170 Å². The maximum atomic E-state index is 13.0. The number of benzene rings is 1. The molecule has 0 radical (unpaired) electrons. The zero-order chi connectivity index (χ0) is 19.2. The number of carbonyl (C=O) groups excluding carboxylic acids is 1. The third-order valence-electron chi connectivity index (χ3n) is 5.20. The highest BCUT2D eigenvalue weighted by Gasteiger charge is 2.29. The molecule has 0 saturated heterocycles. The Morgan fingerprint density at radius 3 is 2.89 bits per heavy atom. The highest BCUT2D eigenvalue weighted by Crippen LogP contribution is 2.28. The molecule has 1 aromatic carbocycles. The van der Waals surface area contributed by atoms with E-state index in [2.05, 4.69) is 18.8 Å². The van der Waals surface area contributed by atoms with Crippen molar-refractivity contribution in [3.8, 4) is 5.75 Å². The Bertz CT molecular complexity index is 758. The molecule has 1 heterocycles. The summed E-state index contributed by atoms with van der Waals surface area (Å²) in [7, 11) is 0. The highest BCUT2D eigenvalue weighted by molar-refractivity contribution is 7.09. The number of thiazole rings is 1. The summed E-state index contributed by atoms with van der Waals surface area (Å²) in [6.45, 7) is 5.25. The molecule has 27 heavy (non-hydrogen) atoms. The van der Waals surface area contributed by atoms with Crippen molar-refractivity contribution in [2.45, 2.75) is 65.1 Å². The lowest BCUT2D eigenvalue weighted by Gasteiger charge is -2.30. The number of amides is 1. The van der Waals surface area contributed by atoms with Crippen LogP contribution in [0.3, 0.4) is 0 Å². The topological polar surface area (TPSA) is 42.4 Å². The van der Waals surface area contributed by atoms with Crippen molar-refractivity contribution < 1.29 is 9.53 Å². The van der Waals surface area contributed by atoms with Gasteiger partial charge in [0.25, 0.3) is 0 Å². The van der Waals surface area contributed by atoms with Gasteiger partial charge in [-0.3, -0.25) is 4.79 Å². The molecule has 2 aromatic rings. The van der Waals surface area contributed by atoms with E-state index in [0.717, 1.165) is 35.7 Å². The van der Waals surface area contributed by atoms with Crippen LogP contribution in [0.25, 0.3) is 0 Å². The summed E-state index contributed by atoms with van der Waals surface area (Å²) in [6.07, 6.45) is 5.36. The Morgan fingerprint density at radius 2 is 2.19 bits per heavy atom. The molecule has 1 atom stereocenters. The molecule has 146 valence electrons. The normalized spacial score (nSPS) is 15.7. The van der Waals surface area contributed by atoms with E-state index >= 15 is 0 Å². The first-order valence-corrected chi connectivity index (χ1v) is 10.9. The van der Waals surface area contributed by atoms with Crippen LogP contribution in [0.15, 0.2) is 29.6 Å². The van der Waals surface area contributed by atoms with Gasteiger partial charge in [-0.15, -0.1) is 11.3 Å². The fourth-order valence-electron chi connectivity index (χ4n) is 3.44. The van der Waals surface area contributed by atoms with E-state index in [0.29, 0.717) is 24.1 Å². The molecule has 0 N–H and O–H groups in total. The lowest BCUT2D eigenvalue weighted by molar-refractivity contribution is -0.138. The highest BCUT2D eigenvalue weighted by atomic mass is 35.5. The minimum absolute atomic E-state index is 0.197. The minimum atomic E-state index is 0.197. The quantitative estimate of drug-likeness (QED) is 0.565. The van der Waals surface area contributed by atoms with Gasteiger partial charge in [-0.05, 0) is 44.4 Å². The van der Waals surface area contributed by atoms with Gasteiger partial charge in [0.1, 0.15) is 17.4 Å². The average Bonchev–Trinajstić information content (AvgIpc) is 3.35. The van der Waals surface area contributed by atoms with Crippen molar-refractivity contribution in [3.63, 3.8) is 0 Å². The van der Waals surface area contributed by atoms with Gasteiger partial charge in [-0.25, -0.2) is 4.98 Å². The van der Waals surface area contributed by atoms with Crippen LogP contribution in [0.1, 0.15) is 56.7 Å². The zero-order valence-corrected chi connectivity index (χ0v) is 17.6. The standard InChI is InChI=1S/C21H27ClN2O2S/c1-3-15(2)24(21(25)16-7-4-5-8-16)12-18-14-27-20(23-18)13-26-19-10-6-9-17(22)11-19/h6,9-11,14-16H,3-5,7-8,12-13H2,1-2H3/t15-/m0/s1. The van der Waals surface area contributed by atoms with E-state index in [1.165, 1.54) is 12.8 Å². The third-order valence-corrected chi connectivity index (χ3v) is 6.31. The molecular weight excluding hydrogens is 380 g/mol. The van der Waals surface area contributed by atoms with Gasteiger partial charge in [0, 0.05) is 22.4 Å². The monoisotopic (exact) mass is 406 g/mol. The summed E-state index contributed by atoms with van der Waals surface area (Å²) in [5.41, 5.74) is 0.941.